The summed E-state index contributed by atoms with van der Waals surface area (Å²) in [6, 6.07) is 6.17. The van der Waals surface area contributed by atoms with Gasteiger partial charge in [0.1, 0.15) is 0 Å². The predicted molar refractivity (Wildman–Crippen MR) is 63.7 cm³/mol. The molecule has 2 heteroatoms. The zero-order valence-electron chi connectivity index (χ0n) is 9.86. The molecule has 0 bridgehead atoms. The van der Waals surface area contributed by atoms with Crippen molar-refractivity contribution in [2.45, 2.75) is 39.0 Å². The summed E-state index contributed by atoms with van der Waals surface area (Å²) in [5.74, 6) is 0.582. The van der Waals surface area contributed by atoms with Gasteiger partial charge in [0.15, 0.2) is 0 Å². The topological polar surface area (TPSA) is 37.3 Å². The van der Waals surface area contributed by atoms with Crippen LogP contribution in [0.25, 0.3) is 0 Å². The Labute approximate surface area is 96.3 Å². The van der Waals surface area contributed by atoms with Gasteiger partial charge in [0.05, 0.1) is 6.42 Å². The van der Waals surface area contributed by atoms with E-state index >= 15 is 0 Å². The highest BCUT2D eigenvalue weighted by molar-refractivity contribution is 5.70. The maximum atomic E-state index is 10.6. The van der Waals surface area contributed by atoms with Gasteiger partial charge in [-0.15, -0.1) is 0 Å². The molecule has 1 aromatic rings. The van der Waals surface area contributed by atoms with Crippen molar-refractivity contribution < 1.29 is 9.90 Å². The average Bonchev–Trinajstić information content (AvgIpc) is 2.59. The fourth-order valence-electron chi connectivity index (χ4n) is 2.68. The average molecular weight is 218 g/mol. The number of rotatable bonds is 3. The number of aryl methyl sites for hydroxylation is 1. The number of benzene rings is 1. The molecule has 0 saturated heterocycles. The first kappa shape index (κ1) is 11.2. The molecule has 1 unspecified atom stereocenters. The van der Waals surface area contributed by atoms with Gasteiger partial charge in [0.2, 0.25) is 0 Å². The smallest absolute Gasteiger partial charge is 0.307 e. The van der Waals surface area contributed by atoms with Crippen LogP contribution in [-0.2, 0) is 17.6 Å². The van der Waals surface area contributed by atoms with Crippen LogP contribution in [0.4, 0.5) is 0 Å². The highest BCUT2D eigenvalue weighted by Gasteiger charge is 2.24. The van der Waals surface area contributed by atoms with Gasteiger partial charge in [-0.25, -0.2) is 0 Å². The molecule has 1 atom stereocenters. The van der Waals surface area contributed by atoms with Crippen LogP contribution < -0.4 is 0 Å². The van der Waals surface area contributed by atoms with Crippen molar-refractivity contribution >= 4 is 5.97 Å². The summed E-state index contributed by atoms with van der Waals surface area (Å²) in [5.41, 5.74) is 3.72. The third kappa shape index (κ3) is 2.11. The van der Waals surface area contributed by atoms with Crippen molar-refractivity contribution in [2.24, 2.45) is 5.92 Å². The first-order chi connectivity index (χ1) is 7.58. The Balaban J connectivity index is 2.25. The van der Waals surface area contributed by atoms with Crippen molar-refractivity contribution in [1.82, 2.24) is 0 Å². The third-order valence-corrected chi connectivity index (χ3v) is 3.49. The highest BCUT2D eigenvalue weighted by atomic mass is 16.4. The molecule has 0 heterocycles. The Kier molecular flexibility index (Phi) is 2.99. The van der Waals surface area contributed by atoms with Crippen LogP contribution in [0, 0.1) is 5.92 Å². The summed E-state index contributed by atoms with van der Waals surface area (Å²) >= 11 is 0. The van der Waals surface area contributed by atoms with Crippen LogP contribution in [0.5, 0.6) is 0 Å². The summed E-state index contributed by atoms with van der Waals surface area (Å²) in [7, 11) is 0. The van der Waals surface area contributed by atoms with Crippen LogP contribution in [0.3, 0.4) is 0 Å². The molecular weight excluding hydrogens is 200 g/mol. The van der Waals surface area contributed by atoms with Gasteiger partial charge in [0.25, 0.3) is 0 Å². The van der Waals surface area contributed by atoms with Crippen molar-refractivity contribution in [3.05, 3.63) is 34.9 Å². The Morgan fingerprint density at radius 3 is 2.88 bits per heavy atom. The van der Waals surface area contributed by atoms with Gasteiger partial charge in [-0.1, -0.05) is 32.0 Å². The SMILES string of the molecule is CC(C)C1CCc2cc(CC(=O)O)ccc21. The van der Waals surface area contributed by atoms with Crippen LogP contribution in [0.15, 0.2) is 18.2 Å². The van der Waals surface area contributed by atoms with Crippen molar-refractivity contribution in [3.63, 3.8) is 0 Å². The minimum atomic E-state index is -0.752. The fraction of sp³-hybridized carbons (Fsp3) is 0.500. The molecule has 0 aliphatic heterocycles. The lowest BCUT2D eigenvalue weighted by atomic mass is 9.89. The molecule has 86 valence electrons. The second kappa shape index (κ2) is 4.28. The molecule has 2 nitrogen and oxygen atoms in total. The lowest BCUT2D eigenvalue weighted by Crippen LogP contribution is -2.03. The lowest BCUT2D eigenvalue weighted by molar-refractivity contribution is -0.136. The first-order valence-corrected chi connectivity index (χ1v) is 5.91. The first-order valence-electron chi connectivity index (χ1n) is 5.91. The van der Waals surface area contributed by atoms with Crippen molar-refractivity contribution in [1.29, 1.82) is 0 Å². The second-order valence-corrected chi connectivity index (χ2v) is 4.99. The van der Waals surface area contributed by atoms with Crippen LogP contribution >= 0.6 is 0 Å². The molecule has 0 fully saturated rings. The van der Waals surface area contributed by atoms with E-state index in [1.165, 1.54) is 17.5 Å². The van der Waals surface area contributed by atoms with Crippen LogP contribution in [0.1, 0.15) is 42.9 Å². The molecular formula is C14H18O2. The maximum absolute atomic E-state index is 10.6. The van der Waals surface area contributed by atoms with Gasteiger partial charge >= 0.3 is 5.97 Å². The quantitative estimate of drug-likeness (QED) is 0.846. The molecule has 16 heavy (non-hydrogen) atoms. The van der Waals surface area contributed by atoms with E-state index in [0.29, 0.717) is 11.8 Å². The number of hydrogen-bond acceptors (Lipinski definition) is 1. The number of hydrogen-bond donors (Lipinski definition) is 1. The minimum absolute atomic E-state index is 0.139. The monoisotopic (exact) mass is 218 g/mol. The molecule has 0 aromatic heterocycles. The number of carboxylic acid groups (broad SMARTS) is 1. The number of carbonyl (C=O) groups is 1. The largest absolute Gasteiger partial charge is 0.481 e. The summed E-state index contributed by atoms with van der Waals surface area (Å²) in [5, 5.41) is 8.76. The fourth-order valence-corrected chi connectivity index (χ4v) is 2.68. The number of aliphatic carboxylic acids is 1. The van der Waals surface area contributed by atoms with Gasteiger partial charge in [-0.2, -0.15) is 0 Å². The minimum Gasteiger partial charge on any atom is -0.481 e. The van der Waals surface area contributed by atoms with E-state index in [9.17, 15) is 4.79 Å². The maximum Gasteiger partial charge on any atom is 0.307 e. The Bertz CT molecular complexity index is 407. The zero-order valence-corrected chi connectivity index (χ0v) is 9.86. The molecule has 0 saturated carbocycles. The molecule has 0 radical (unpaired) electrons. The number of carboxylic acids is 1. The van der Waals surface area contributed by atoms with Gasteiger partial charge in [-0.3, -0.25) is 4.79 Å². The van der Waals surface area contributed by atoms with Crippen molar-refractivity contribution in [3.8, 4) is 0 Å². The van der Waals surface area contributed by atoms with E-state index in [2.05, 4.69) is 26.0 Å². The Morgan fingerprint density at radius 2 is 2.25 bits per heavy atom. The van der Waals surface area contributed by atoms with Gasteiger partial charge < -0.3 is 5.11 Å². The van der Waals surface area contributed by atoms with Gasteiger partial charge in [-0.05, 0) is 41.4 Å². The van der Waals surface area contributed by atoms with E-state index in [4.69, 9.17) is 5.11 Å². The number of fused-ring (bicyclic) bond motifs is 1. The van der Waals surface area contributed by atoms with E-state index < -0.39 is 5.97 Å². The molecule has 0 spiro atoms. The summed E-state index contributed by atoms with van der Waals surface area (Å²) in [6.07, 6.45) is 2.45. The van der Waals surface area contributed by atoms with Crippen molar-refractivity contribution in [2.75, 3.05) is 0 Å². The Morgan fingerprint density at radius 1 is 1.50 bits per heavy atom. The molecule has 1 aliphatic carbocycles. The molecule has 1 N–H and O–H groups in total. The van der Waals surface area contributed by atoms with E-state index in [0.717, 1.165) is 12.0 Å². The summed E-state index contributed by atoms with van der Waals surface area (Å²) in [4.78, 5) is 10.6. The zero-order chi connectivity index (χ0) is 11.7. The van der Waals surface area contributed by atoms with Crippen LogP contribution in [-0.4, -0.2) is 11.1 Å². The normalized spacial score (nSPS) is 18.8. The summed E-state index contributed by atoms with van der Waals surface area (Å²) < 4.78 is 0. The second-order valence-electron chi connectivity index (χ2n) is 4.99. The summed E-state index contributed by atoms with van der Waals surface area (Å²) in [6.45, 7) is 4.51. The van der Waals surface area contributed by atoms with Gasteiger partial charge in [0, 0.05) is 0 Å². The molecule has 2 rings (SSSR count). The van der Waals surface area contributed by atoms with E-state index in [1.54, 1.807) is 0 Å². The van der Waals surface area contributed by atoms with Crippen LogP contribution in [0.2, 0.25) is 0 Å². The highest BCUT2D eigenvalue weighted by Crippen LogP contribution is 2.38. The lowest BCUT2D eigenvalue weighted by Gasteiger charge is -2.15. The third-order valence-electron chi connectivity index (χ3n) is 3.49. The predicted octanol–water partition coefficient (Wildman–Crippen LogP) is 3.00. The van der Waals surface area contributed by atoms with E-state index in [-0.39, 0.29) is 6.42 Å². The molecule has 1 aromatic carbocycles. The molecule has 0 amide bonds. The molecule has 1 aliphatic rings. The standard InChI is InChI=1S/C14H18O2/c1-9(2)12-6-4-11-7-10(8-14(15)16)3-5-13(11)12/h3,5,7,9,12H,4,6,8H2,1-2H3,(H,15,16). The Hall–Kier alpha value is -1.31. The van der Waals surface area contributed by atoms with E-state index in [1.807, 2.05) is 6.07 Å².